The number of H-pyrrole nitrogens is 1. The molecule has 1 amide bonds. The molecule has 38 heavy (non-hydrogen) atoms. The number of nitrogens with zero attached hydrogens (tertiary/aromatic N) is 7. The number of rotatable bonds is 5. The average molecular weight is 514 g/mol. The van der Waals surface area contributed by atoms with Gasteiger partial charge in [0.15, 0.2) is 6.54 Å². The Labute approximate surface area is 223 Å². The third kappa shape index (κ3) is 4.38. The van der Waals surface area contributed by atoms with E-state index in [1.807, 2.05) is 12.4 Å². The molecule has 1 atom stereocenters. The summed E-state index contributed by atoms with van der Waals surface area (Å²) in [6, 6.07) is 4.82. The van der Waals surface area contributed by atoms with E-state index in [4.69, 9.17) is 9.97 Å². The molecule has 3 aliphatic rings. The van der Waals surface area contributed by atoms with E-state index in [2.05, 4.69) is 64.6 Å². The molecule has 6 rings (SSSR count). The highest BCUT2D eigenvalue weighted by molar-refractivity contribution is 5.93. The fourth-order valence-electron chi connectivity index (χ4n) is 6.12. The number of carbonyl (C=O) groups is 1. The van der Waals surface area contributed by atoms with Gasteiger partial charge in [0, 0.05) is 68.9 Å². The number of benzene rings is 1. The van der Waals surface area contributed by atoms with Gasteiger partial charge in [-0.3, -0.25) is 5.10 Å². The molecule has 1 aromatic carbocycles. The molecule has 9 heteroatoms. The van der Waals surface area contributed by atoms with Gasteiger partial charge in [0.05, 0.1) is 28.8 Å². The zero-order chi connectivity index (χ0) is 26.4. The summed E-state index contributed by atoms with van der Waals surface area (Å²) < 4.78 is 1.79. The second-order valence-electron chi connectivity index (χ2n) is 11.0. The molecule has 198 valence electrons. The number of amides is 1. The normalized spacial score (nSPS) is 20.2. The van der Waals surface area contributed by atoms with E-state index in [1.54, 1.807) is 4.58 Å². The number of carbonyl (C=O) groups excluding carboxylic acids is 1. The quantitative estimate of drug-likeness (QED) is 0.415. The Morgan fingerprint density at radius 1 is 1.18 bits per heavy atom. The van der Waals surface area contributed by atoms with Gasteiger partial charge in [0.25, 0.3) is 0 Å². The predicted molar refractivity (Wildman–Crippen MR) is 151 cm³/mol. The second kappa shape index (κ2) is 9.94. The van der Waals surface area contributed by atoms with E-state index < -0.39 is 0 Å². The van der Waals surface area contributed by atoms with Crippen LogP contribution in [0.4, 0.5) is 11.6 Å². The van der Waals surface area contributed by atoms with Gasteiger partial charge in [0.1, 0.15) is 6.21 Å². The largest absolute Gasteiger partial charge is 0.411 e. The molecular formula is C29H37N8O+. The van der Waals surface area contributed by atoms with Gasteiger partial charge in [-0.15, -0.1) is 0 Å². The van der Waals surface area contributed by atoms with Crippen LogP contribution in [-0.2, 0) is 17.6 Å². The molecule has 3 aliphatic heterocycles. The zero-order valence-corrected chi connectivity index (χ0v) is 22.7. The van der Waals surface area contributed by atoms with Crippen molar-refractivity contribution in [1.29, 1.82) is 0 Å². The minimum atomic E-state index is -0.0274. The van der Waals surface area contributed by atoms with Crippen molar-refractivity contribution in [2.24, 2.45) is 0 Å². The summed E-state index contributed by atoms with van der Waals surface area (Å²) in [4.78, 5) is 29.7. The number of likely N-dealkylation sites (N-methyl/N-ethyl adjacent to an activating group) is 1. The molecule has 0 saturated carbocycles. The van der Waals surface area contributed by atoms with Gasteiger partial charge < -0.3 is 14.7 Å². The van der Waals surface area contributed by atoms with E-state index in [1.165, 1.54) is 39.7 Å². The summed E-state index contributed by atoms with van der Waals surface area (Å²) in [5.74, 6) is 1.12. The lowest BCUT2D eigenvalue weighted by Crippen LogP contribution is -2.58. The molecule has 0 spiro atoms. The molecule has 3 aromatic rings. The molecular weight excluding hydrogens is 476 g/mol. The number of aromatic amines is 1. The minimum Gasteiger partial charge on any atom is -0.370 e. The maximum atomic E-state index is 12.2. The van der Waals surface area contributed by atoms with Gasteiger partial charge in [-0.2, -0.15) is 9.67 Å². The predicted octanol–water partition coefficient (Wildman–Crippen LogP) is 2.69. The van der Waals surface area contributed by atoms with Crippen LogP contribution in [0.1, 0.15) is 41.3 Å². The smallest absolute Gasteiger partial charge is 0.370 e. The van der Waals surface area contributed by atoms with Crippen LogP contribution in [0.5, 0.6) is 0 Å². The van der Waals surface area contributed by atoms with Gasteiger partial charge >= 0.3 is 5.91 Å². The van der Waals surface area contributed by atoms with Crippen LogP contribution < -0.4 is 9.80 Å². The SMILES string of the molecule is C=CC(=O)[N+]1=CCC(c2nc(N3CC(N(C)C)C3)nc3c2CCN(c2c(C)ccc4[nH]ncc24)CC3)CC1. The van der Waals surface area contributed by atoms with Crippen molar-refractivity contribution in [1.82, 2.24) is 25.1 Å². The van der Waals surface area contributed by atoms with E-state index in [0.29, 0.717) is 12.6 Å². The lowest BCUT2D eigenvalue weighted by molar-refractivity contribution is -0.445. The van der Waals surface area contributed by atoms with E-state index in [-0.39, 0.29) is 11.8 Å². The Morgan fingerprint density at radius 2 is 2.00 bits per heavy atom. The fraction of sp³-hybridized carbons (Fsp3) is 0.483. The monoisotopic (exact) mass is 513 g/mol. The number of nitrogens with one attached hydrogen (secondary N) is 1. The van der Waals surface area contributed by atoms with Crippen molar-refractivity contribution in [3.8, 4) is 0 Å². The number of anilines is 2. The van der Waals surface area contributed by atoms with E-state index in [9.17, 15) is 4.79 Å². The molecule has 1 N–H and O–H groups in total. The fourth-order valence-corrected chi connectivity index (χ4v) is 6.12. The van der Waals surface area contributed by atoms with Gasteiger partial charge in [0.2, 0.25) is 5.95 Å². The van der Waals surface area contributed by atoms with Gasteiger partial charge in [-0.05, 0) is 44.6 Å². The molecule has 1 fully saturated rings. The number of aryl methyl sites for hydroxylation is 1. The molecule has 1 saturated heterocycles. The van der Waals surface area contributed by atoms with E-state index in [0.717, 1.165) is 63.3 Å². The first-order chi connectivity index (χ1) is 18.4. The van der Waals surface area contributed by atoms with Crippen molar-refractivity contribution in [2.75, 3.05) is 56.6 Å². The Kier molecular flexibility index (Phi) is 6.47. The molecule has 0 bridgehead atoms. The first-order valence-electron chi connectivity index (χ1n) is 13.7. The average Bonchev–Trinajstić information content (AvgIpc) is 3.27. The van der Waals surface area contributed by atoms with Crippen molar-refractivity contribution in [3.63, 3.8) is 0 Å². The first kappa shape index (κ1) is 24.7. The lowest BCUT2D eigenvalue weighted by Gasteiger charge is -2.43. The molecule has 0 radical (unpaired) electrons. The van der Waals surface area contributed by atoms with E-state index >= 15 is 0 Å². The van der Waals surface area contributed by atoms with Crippen LogP contribution in [0.15, 0.2) is 31.0 Å². The maximum Gasteiger partial charge on any atom is 0.411 e. The zero-order valence-electron chi connectivity index (χ0n) is 22.7. The second-order valence-corrected chi connectivity index (χ2v) is 11.0. The van der Waals surface area contributed by atoms with Crippen molar-refractivity contribution in [2.45, 2.75) is 44.6 Å². The van der Waals surface area contributed by atoms with Gasteiger partial charge in [-0.1, -0.05) is 12.6 Å². The first-order valence-corrected chi connectivity index (χ1v) is 13.7. The van der Waals surface area contributed by atoms with Crippen LogP contribution in [-0.4, -0.2) is 94.6 Å². The molecule has 5 heterocycles. The molecule has 1 unspecified atom stereocenters. The minimum absolute atomic E-state index is 0.0274. The summed E-state index contributed by atoms with van der Waals surface area (Å²) in [5.41, 5.74) is 7.27. The molecule has 0 aliphatic carbocycles. The number of fused-ring (bicyclic) bond motifs is 2. The third-order valence-electron chi connectivity index (χ3n) is 8.53. The summed E-state index contributed by atoms with van der Waals surface area (Å²) in [7, 11) is 4.27. The topological polar surface area (TPSA) is 84.3 Å². The van der Waals surface area contributed by atoms with Crippen LogP contribution in [0.25, 0.3) is 10.9 Å². The lowest BCUT2D eigenvalue weighted by atomic mass is 9.90. The summed E-state index contributed by atoms with van der Waals surface area (Å²) in [5, 5.41) is 8.60. The summed E-state index contributed by atoms with van der Waals surface area (Å²) in [6.45, 7) is 10.3. The highest BCUT2D eigenvalue weighted by Crippen LogP contribution is 2.35. The Bertz CT molecular complexity index is 1420. The van der Waals surface area contributed by atoms with Crippen molar-refractivity contribution >= 4 is 34.7 Å². The standard InChI is InChI=1S/C29H37N8O/c1-5-26(38)35-12-8-20(9-13-35)27-22-10-14-36(28-19(2)6-7-25-23(28)16-30-33-25)15-11-24(22)31-29(32-27)37-17-21(18-37)34(3)4/h5-7,12,16,20-21H,1,8-11,13-15,17-18H2,2-4H3,(H,30,33)/q+1. The van der Waals surface area contributed by atoms with Crippen molar-refractivity contribution < 1.29 is 9.37 Å². The highest BCUT2D eigenvalue weighted by atomic mass is 16.2. The Hall–Kier alpha value is -3.59. The van der Waals surface area contributed by atoms with Gasteiger partial charge in [-0.25, -0.2) is 14.8 Å². The van der Waals surface area contributed by atoms with Crippen LogP contribution in [0, 0.1) is 6.92 Å². The number of aromatic nitrogens is 4. The third-order valence-corrected chi connectivity index (χ3v) is 8.53. The Balaban J connectivity index is 1.33. The number of hydrogen-bond acceptors (Lipinski definition) is 7. The van der Waals surface area contributed by atoms with Crippen molar-refractivity contribution in [3.05, 3.63) is 53.5 Å². The maximum absolute atomic E-state index is 12.2. The summed E-state index contributed by atoms with van der Waals surface area (Å²) >= 11 is 0. The molecule has 2 aromatic heterocycles. The number of hydrogen-bond donors (Lipinski definition) is 1. The van der Waals surface area contributed by atoms with Crippen LogP contribution >= 0.6 is 0 Å². The highest BCUT2D eigenvalue weighted by Gasteiger charge is 2.34. The Morgan fingerprint density at radius 3 is 2.74 bits per heavy atom. The summed E-state index contributed by atoms with van der Waals surface area (Å²) in [6.07, 6.45) is 8.87. The van der Waals surface area contributed by atoms with Crippen LogP contribution in [0.3, 0.4) is 0 Å². The van der Waals surface area contributed by atoms with Crippen LogP contribution in [0.2, 0.25) is 0 Å². The molecule has 9 nitrogen and oxygen atoms in total.